The molecule has 0 fully saturated rings. The van der Waals surface area contributed by atoms with Crippen LogP contribution in [0.25, 0.3) is 0 Å². The number of nitrogens with one attached hydrogen (secondary N) is 1. The first kappa shape index (κ1) is 12.7. The van der Waals surface area contributed by atoms with Crippen LogP contribution in [0.2, 0.25) is 0 Å². The van der Waals surface area contributed by atoms with E-state index in [4.69, 9.17) is 0 Å². The van der Waals surface area contributed by atoms with Crippen LogP contribution in [0.3, 0.4) is 0 Å². The monoisotopic (exact) mass is 221 g/mol. The highest BCUT2D eigenvalue weighted by Crippen LogP contribution is 2.16. The molecule has 0 unspecified atom stereocenters. The molecule has 0 saturated heterocycles. The van der Waals surface area contributed by atoms with Gasteiger partial charge in [-0.2, -0.15) is 0 Å². The van der Waals surface area contributed by atoms with Crippen molar-refractivity contribution in [1.29, 1.82) is 0 Å². The lowest BCUT2D eigenvalue weighted by Gasteiger charge is -2.11. The van der Waals surface area contributed by atoms with Gasteiger partial charge in [0, 0.05) is 12.1 Å². The van der Waals surface area contributed by atoms with Gasteiger partial charge in [-0.3, -0.25) is 9.59 Å². The molecule has 0 spiro atoms. The molecule has 0 saturated carbocycles. The molecular formula is C13H19NO2. The van der Waals surface area contributed by atoms with Crippen molar-refractivity contribution >= 4 is 12.2 Å². The highest BCUT2D eigenvalue weighted by atomic mass is 16.1. The minimum absolute atomic E-state index is 0.0114. The second-order valence-electron chi connectivity index (χ2n) is 4.01. The van der Waals surface area contributed by atoms with E-state index in [-0.39, 0.29) is 5.91 Å². The van der Waals surface area contributed by atoms with E-state index in [0.29, 0.717) is 12.8 Å². The lowest BCUT2D eigenvalue weighted by Crippen LogP contribution is -2.26. The highest BCUT2D eigenvalue weighted by Gasteiger charge is 2.12. The molecule has 0 bridgehead atoms. The largest absolute Gasteiger partial charge is 0.352 e. The van der Waals surface area contributed by atoms with Crippen molar-refractivity contribution in [2.75, 3.05) is 6.54 Å². The zero-order valence-corrected chi connectivity index (χ0v) is 9.79. The van der Waals surface area contributed by atoms with Crippen LogP contribution >= 0.6 is 0 Å². The van der Waals surface area contributed by atoms with Crippen LogP contribution in [0.5, 0.6) is 0 Å². The van der Waals surface area contributed by atoms with Crippen molar-refractivity contribution in [1.82, 2.24) is 5.32 Å². The Bertz CT molecular complexity index is 316. The van der Waals surface area contributed by atoms with Crippen molar-refractivity contribution in [3.8, 4) is 0 Å². The Balaban J connectivity index is 2.35. The fraction of sp³-hybridized carbons (Fsp3) is 0.538. The van der Waals surface area contributed by atoms with Crippen LogP contribution in [0, 0.1) is 0 Å². The molecule has 1 aliphatic rings. The Labute approximate surface area is 96.6 Å². The summed E-state index contributed by atoms with van der Waals surface area (Å²) in [7, 11) is 0. The Morgan fingerprint density at radius 1 is 1.38 bits per heavy atom. The zero-order chi connectivity index (χ0) is 11.8. The third-order valence-electron chi connectivity index (χ3n) is 2.69. The van der Waals surface area contributed by atoms with Crippen molar-refractivity contribution in [2.24, 2.45) is 0 Å². The van der Waals surface area contributed by atoms with E-state index in [1.165, 1.54) is 0 Å². The van der Waals surface area contributed by atoms with Gasteiger partial charge in [0.1, 0.15) is 6.29 Å². The molecule has 0 aliphatic heterocycles. The van der Waals surface area contributed by atoms with Gasteiger partial charge in [0.25, 0.3) is 0 Å². The Morgan fingerprint density at radius 2 is 2.19 bits per heavy atom. The maximum atomic E-state index is 11.7. The maximum Gasteiger partial charge on any atom is 0.247 e. The van der Waals surface area contributed by atoms with Crippen LogP contribution in [0.1, 0.15) is 39.0 Å². The van der Waals surface area contributed by atoms with Crippen LogP contribution in [0.4, 0.5) is 0 Å². The molecule has 0 aromatic carbocycles. The summed E-state index contributed by atoms with van der Waals surface area (Å²) in [6, 6.07) is 0. The molecule has 3 heteroatoms. The van der Waals surface area contributed by atoms with E-state index >= 15 is 0 Å². The number of amides is 1. The van der Waals surface area contributed by atoms with E-state index in [0.717, 1.165) is 43.2 Å². The third kappa shape index (κ3) is 4.01. The number of rotatable bonds is 6. The molecule has 1 rings (SSSR count). The smallest absolute Gasteiger partial charge is 0.247 e. The van der Waals surface area contributed by atoms with Gasteiger partial charge in [0.15, 0.2) is 0 Å². The highest BCUT2D eigenvalue weighted by molar-refractivity contribution is 5.94. The molecule has 0 radical (unpaired) electrons. The van der Waals surface area contributed by atoms with Gasteiger partial charge in [0.05, 0.1) is 0 Å². The molecule has 88 valence electrons. The van der Waals surface area contributed by atoms with Crippen molar-refractivity contribution in [3.05, 3.63) is 23.3 Å². The molecule has 1 aliphatic carbocycles. The van der Waals surface area contributed by atoms with Crippen LogP contribution in [-0.4, -0.2) is 18.7 Å². The summed E-state index contributed by atoms with van der Waals surface area (Å²) in [6.45, 7) is 2.88. The van der Waals surface area contributed by atoms with Gasteiger partial charge in [-0.05, 0) is 24.8 Å². The molecule has 1 N–H and O–H groups in total. The molecule has 0 heterocycles. The number of carbonyl (C=O) groups excluding carboxylic acids is 2. The summed E-state index contributed by atoms with van der Waals surface area (Å²) in [5.41, 5.74) is 1.55. The fourth-order valence-corrected chi connectivity index (χ4v) is 1.63. The summed E-state index contributed by atoms with van der Waals surface area (Å²) in [4.78, 5) is 22.1. The number of unbranched alkanes of at least 4 members (excludes halogenated alkanes) is 2. The number of hydrogen-bond acceptors (Lipinski definition) is 2. The van der Waals surface area contributed by atoms with Gasteiger partial charge in [0.2, 0.25) is 5.91 Å². The third-order valence-corrected chi connectivity index (χ3v) is 2.69. The van der Waals surface area contributed by atoms with Crippen molar-refractivity contribution < 1.29 is 9.59 Å². The van der Waals surface area contributed by atoms with Crippen molar-refractivity contribution in [2.45, 2.75) is 39.0 Å². The van der Waals surface area contributed by atoms with Crippen molar-refractivity contribution in [3.63, 3.8) is 0 Å². The summed E-state index contributed by atoms with van der Waals surface area (Å²) < 4.78 is 0. The van der Waals surface area contributed by atoms with Gasteiger partial charge >= 0.3 is 0 Å². The summed E-state index contributed by atoms with van der Waals surface area (Å²) in [5.74, 6) is 0.0114. The van der Waals surface area contributed by atoms with E-state index in [9.17, 15) is 9.59 Å². The average Bonchev–Trinajstić information content (AvgIpc) is 2.34. The first-order chi connectivity index (χ1) is 7.77. The van der Waals surface area contributed by atoms with Gasteiger partial charge < -0.3 is 5.32 Å². The van der Waals surface area contributed by atoms with E-state index in [2.05, 4.69) is 12.2 Å². The van der Waals surface area contributed by atoms with E-state index in [1.807, 2.05) is 0 Å². The minimum atomic E-state index is 0.0114. The molecular weight excluding hydrogens is 202 g/mol. The van der Waals surface area contributed by atoms with Crippen LogP contribution < -0.4 is 5.32 Å². The molecule has 3 nitrogen and oxygen atoms in total. The van der Waals surface area contributed by atoms with E-state index < -0.39 is 0 Å². The second-order valence-corrected chi connectivity index (χ2v) is 4.01. The SMILES string of the molecule is CCCCCNC(=O)C1=CC=C(C=O)CC1. The van der Waals surface area contributed by atoms with Crippen LogP contribution in [-0.2, 0) is 9.59 Å². The second kappa shape index (κ2) is 6.99. The Hall–Kier alpha value is -1.38. The normalized spacial score (nSPS) is 15.1. The van der Waals surface area contributed by atoms with Gasteiger partial charge in [-0.1, -0.05) is 31.9 Å². The first-order valence-electron chi connectivity index (χ1n) is 5.91. The molecule has 0 aromatic heterocycles. The average molecular weight is 221 g/mol. The number of hydrogen-bond donors (Lipinski definition) is 1. The first-order valence-corrected chi connectivity index (χ1v) is 5.91. The quantitative estimate of drug-likeness (QED) is 0.551. The van der Waals surface area contributed by atoms with Gasteiger partial charge in [-0.25, -0.2) is 0 Å². The minimum Gasteiger partial charge on any atom is -0.352 e. The Kier molecular flexibility index (Phi) is 5.54. The molecule has 0 atom stereocenters. The van der Waals surface area contributed by atoms with Crippen LogP contribution in [0.15, 0.2) is 23.3 Å². The number of allylic oxidation sites excluding steroid dienone is 3. The molecule has 16 heavy (non-hydrogen) atoms. The number of carbonyl (C=O) groups is 2. The van der Waals surface area contributed by atoms with E-state index in [1.54, 1.807) is 12.2 Å². The molecule has 1 amide bonds. The number of aldehydes is 1. The molecule has 0 aromatic rings. The lowest BCUT2D eigenvalue weighted by molar-refractivity contribution is -0.117. The summed E-state index contributed by atoms with van der Waals surface area (Å²) in [6.07, 6.45) is 9.03. The summed E-state index contributed by atoms with van der Waals surface area (Å²) in [5, 5.41) is 2.90. The maximum absolute atomic E-state index is 11.7. The van der Waals surface area contributed by atoms with Gasteiger partial charge in [-0.15, -0.1) is 0 Å². The predicted octanol–water partition coefficient (Wildman–Crippen LogP) is 2.14. The zero-order valence-electron chi connectivity index (χ0n) is 9.79. The standard InChI is InChI=1S/C13H19NO2/c1-2-3-4-9-14-13(16)12-7-5-11(10-15)6-8-12/h5,7,10H,2-4,6,8-9H2,1H3,(H,14,16). The lowest BCUT2D eigenvalue weighted by atomic mass is 9.99. The Morgan fingerprint density at radius 3 is 2.75 bits per heavy atom. The summed E-state index contributed by atoms with van der Waals surface area (Å²) >= 11 is 0. The topological polar surface area (TPSA) is 46.2 Å². The predicted molar refractivity (Wildman–Crippen MR) is 64.0 cm³/mol. The fourth-order valence-electron chi connectivity index (χ4n) is 1.63.